The predicted molar refractivity (Wildman–Crippen MR) is 102 cm³/mol. The summed E-state index contributed by atoms with van der Waals surface area (Å²) in [5.41, 5.74) is 4.19. The van der Waals surface area contributed by atoms with Crippen LogP contribution in [0.5, 0.6) is 0 Å². The van der Waals surface area contributed by atoms with Gasteiger partial charge in [-0.1, -0.05) is 48.6 Å². The Kier molecular flexibility index (Phi) is 3.26. The smallest absolute Gasteiger partial charge is 0.248 e. The molecule has 6 heteroatoms. The molecule has 5 rings (SSSR count). The van der Waals surface area contributed by atoms with E-state index in [9.17, 15) is 9.59 Å². The third-order valence-corrected chi connectivity index (χ3v) is 5.33. The lowest BCUT2D eigenvalue weighted by Gasteiger charge is -2.20. The van der Waals surface area contributed by atoms with Crippen molar-refractivity contribution in [2.75, 3.05) is 10.2 Å². The molecule has 0 fully saturated rings. The fraction of sp³-hybridized carbons (Fsp3) is 0.0500. The highest BCUT2D eigenvalue weighted by molar-refractivity contribution is 7.13. The van der Waals surface area contributed by atoms with Crippen LogP contribution in [-0.2, 0) is 9.59 Å². The lowest BCUT2D eigenvalue weighted by Crippen LogP contribution is -2.31. The van der Waals surface area contributed by atoms with E-state index in [1.54, 1.807) is 16.5 Å². The average Bonchev–Trinajstić information content (AvgIpc) is 3.20. The second kappa shape index (κ2) is 5.64. The molecule has 1 N–H and O–H groups in total. The van der Waals surface area contributed by atoms with Crippen LogP contribution in [0.2, 0.25) is 0 Å². The fourth-order valence-corrected chi connectivity index (χ4v) is 4.08. The number of para-hydroxylation sites is 2. The van der Waals surface area contributed by atoms with Crippen LogP contribution in [0.1, 0.15) is 22.6 Å². The zero-order valence-electron chi connectivity index (χ0n) is 13.5. The summed E-state index contributed by atoms with van der Waals surface area (Å²) in [6.07, 6.45) is 5.61. The molecule has 3 heterocycles. The van der Waals surface area contributed by atoms with Gasteiger partial charge < -0.3 is 5.32 Å². The lowest BCUT2D eigenvalue weighted by atomic mass is 9.97. The summed E-state index contributed by atoms with van der Waals surface area (Å²) >= 11 is 1.33. The van der Waals surface area contributed by atoms with Gasteiger partial charge in [0.25, 0.3) is 0 Å². The average molecular weight is 359 g/mol. The van der Waals surface area contributed by atoms with Crippen molar-refractivity contribution < 1.29 is 9.59 Å². The quantitative estimate of drug-likeness (QED) is 0.703. The number of benzene rings is 2. The van der Waals surface area contributed by atoms with Crippen LogP contribution in [0, 0.1) is 0 Å². The third kappa shape index (κ3) is 2.12. The summed E-state index contributed by atoms with van der Waals surface area (Å²) in [5.74, 6) is -1.47. The van der Waals surface area contributed by atoms with E-state index in [0.29, 0.717) is 5.13 Å². The number of fused-ring (bicyclic) bond motifs is 2. The summed E-state index contributed by atoms with van der Waals surface area (Å²) in [6.45, 7) is 0. The van der Waals surface area contributed by atoms with Gasteiger partial charge in [0.05, 0.1) is 11.4 Å². The number of amides is 2. The van der Waals surface area contributed by atoms with Gasteiger partial charge in [-0.3, -0.25) is 14.5 Å². The normalized spacial score (nSPS) is 16.8. The van der Waals surface area contributed by atoms with Gasteiger partial charge in [-0.25, -0.2) is 4.98 Å². The van der Waals surface area contributed by atoms with Crippen LogP contribution < -0.4 is 10.2 Å². The molecule has 0 aliphatic carbocycles. The minimum atomic E-state index is -0.881. The molecular weight excluding hydrogens is 346 g/mol. The summed E-state index contributed by atoms with van der Waals surface area (Å²) in [7, 11) is 0. The minimum absolute atomic E-state index is 0.238. The van der Waals surface area contributed by atoms with Crippen molar-refractivity contribution in [3.8, 4) is 0 Å². The van der Waals surface area contributed by atoms with Crippen molar-refractivity contribution >= 4 is 51.8 Å². The highest BCUT2D eigenvalue weighted by Crippen LogP contribution is 2.47. The monoisotopic (exact) mass is 359 g/mol. The highest BCUT2D eigenvalue weighted by Gasteiger charge is 2.44. The molecule has 1 aromatic heterocycles. The van der Waals surface area contributed by atoms with Gasteiger partial charge in [-0.2, -0.15) is 0 Å². The second-order valence-corrected chi connectivity index (χ2v) is 7.00. The number of carbonyl (C=O) groups is 2. The maximum absolute atomic E-state index is 13.3. The molecule has 0 saturated carbocycles. The standard InChI is InChI=1S/C20H13N3O2S/c24-18(22-20-21-10-11-26-20)16-14-6-3-5-13-9-8-12-4-1-2-7-15(12)23(17(13)14)19(16)25/h1-11,16H,(H,21,22,24). The van der Waals surface area contributed by atoms with Gasteiger partial charge >= 0.3 is 0 Å². The van der Waals surface area contributed by atoms with E-state index in [0.717, 1.165) is 28.1 Å². The second-order valence-electron chi connectivity index (χ2n) is 6.11. The Morgan fingerprint density at radius 2 is 1.88 bits per heavy atom. The van der Waals surface area contributed by atoms with Crippen LogP contribution in [0.25, 0.3) is 12.2 Å². The van der Waals surface area contributed by atoms with Gasteiger partial charge in [-0.05, 0) is 22.8 Å². The van der Waals surface area contributed by atoms with Gasteiger partial charge in [0.2, 0.25) is 11.8 Å². The molecule has 26 heavy (non-hydrogen) atoms. The van der Waals surface area contributed by atoms with Crippen molar-refractivity contribution in [3.05, 3.63) is 70.7 Å². The Bertz CT molecular complexity index is 1070. The van der Waals surface area contributed by atoms with Crippen LogP contribution in [-0.4, -0.2) is 16.8 Å². The van der Waals surface area contributed by atoms with E-state index >= 15 is 0 Å². The largest absolute Gasteiger partial charge is 0.301 e. The molecule has 0 bridgehead atoms. The molecule has 126 valence electrons. The number of nitrogens with one attached hydrogen (secondary N) is 1. The molecule has 0 radical (unpaired) electrons. The van der Waals surface area contributed by atoms with Crippen LogP contribution in [0.15, 0.2) is 54.0 Å². The first-order chi connectivity index (χ1) is 12.7. The molecule has 1 atom stereocenters. The van der Waals surface area contributed by atoms with Crippen molar-refractivity contribution in [2.24, 2.45) is 0 Å². The first-order valence-electron chi connectivity index (χ1n) is 8.18. The van der Waals surface area contributed by atoms with E-state index in [-0.39, 0.29) is 11.8 Å². The highest BCUT2D eigenvalue weighted by atomic mass is 32.1. The van der Waals surface area contributed by atoms with Crippen molar-refractivity contribution in [2.45, 2.75) is 5.92 Å². The minimum Gasteiger partial charge on any atom is -0.301 e. The van der Waals surface area contributed by atoms with Crippen molar-refractivity contribution in [1.29, 1.82) is 0 Å². The number of thiazole rings is 1. The number of aromatic nitrogens is 1. The number of rotatable bonds is 2. The van der Waals surface area contributed by atoms with Gasteiger partial charge in [0, 0.05) is 11.6 Å². The summed E-state index contributed by atoms with van der Waals surface area (Å²) in [6, 6.07) is 13.4. The van der Waals surface area contributed by atoms with Crippen molar-refractivity contribution in [3.63, 3.8) is 0 Å². The molecule has 1 unspecified atom stereocenters. The molecule has 2 aliphatic heterocycles. The molecule has 0 saturated heterocycles. The summed E-state index contributed by atoms with van der Waals surface area (Å²) in [5, 5.41) is 5.04. The van der Waals surface area contributed by atoms with E-state index in [1.165, 1.54) is 11.3 Å². The maximum atomic E-state index is 13.3. The van der Waals surface area contributed by atoms with E-state index in [4.69, 9.17) is 0 Å². The zero-order chi connectivity index (χ0) is 17.7. The third-order valence-electron chi connectivity index (χ3n) is 4.65. The Morgan fingerprint density at radius 1 is 1.08 bits per heavy atom. The lowest BCUT2D eigenvalue weighted by molar-refractivity contribution is -0.126. The molecule has 2 aromatic carbocycles. The fourth-order valence-electron chi connectivity index (χ4n) is 3.54. The number of nitrogens with zero attached hydrogens (tertiary/aromatic N) is 2. The van der Waals surface area contributed by atoms with E-state index < -0.39 is 5.92 Å². The summed E-state index contributed by atoms with van der Waals surface area (Å²) in [4.78, 5) is 31.9. The molecule has 2 aliphatic rings. The number of carbonyl (C=O) groups excluding carboxylic acids is 2. The predicted octanol–water partition coefficient (Wildman–Crippen LogP) is 4.03. The summed E-state index contributed by atoms with van der Waals surface area (Å²) < 4.78 is 0. The SMILES string of the molecule is O=C(Nc1nccs1)C1C(=O)N2c3ccccc3C=Cc3cccc1c32. The Labute approximate surface area is 153 Å². The maximum Gasteiger partial charge on any atom is 0.248 e. The first-order valence-corrected chi connectivity index (χ1v) is 9.06. The van der Waals surface area contributed by atoms with Gasteiger partial charge in [-0.15, -0.1) is 11.3 Å². The molecule has 5 nitrogen and oxygen atoms in total. The molecule has 0 spiro atoms. The van der Waals surface area contributed by atoms with Gasteiger partial charge in [0.1, 0.15) is 5.92 Å². The number of hydrogen-bond acceptors (Lipinski definition) is 4. The van der Waals surface area contributed by atoms with Crippen LogP contribution in [0.3, 0.4) is 0 Å². The zero-order valence-corrected chi connectivity index (χ0v) is 14.4. The molecule has 2 amide bonds. The Balaban J connectivity index is 1.66. The Morgan fingerprint density at radius 3 is 2.73 bits per heavy atom. The first kappa shape index (κ1) is 15.0. The number of hydrogen-bond donors (Lipinski definition) is 1. The van der Waals surface area contributed by atoms with Gasteiger partial charge in [0.15, 0.2) is 5.13 Å². The van der Waals surface area contributed by atoms with Crippen LogP contribution in [0.4, 0.5) is 16.5 Å². The topological polar surface area (TPSA) is 62.3 Å². The molecule has 3 aromatic rings. The molecular formula is C20H13N3O2S. The van der Waals surface area contributed by atoms with E-state index in [1.807, 2.05) is 54.6 Å². The Hall–Kier alpha value is -3.25. The van der Waals surface area contributed by atoms with Crippen LogP contribution >= 0.6 is 11.3 Å². The van der Waals surface area contributed by atoms with E-state index in [2.05, 4.69) is 10.3 Å². The number of anilines is 3. The van der Waals surface area contributed by atoms with Crippen molar-refractivity contribution in [1.82, 2.24) is 4.98 Å².